The van der Waals surface area contributed by atoms with Crippen molar-refractivity contribution in [2.75, 3.05) is 6.54 Å². The first kappa shape index (κ1) is 13.0. The minimum absolute atomic E-state index is 0.612. The molecule has 0 fully saturated rings. The van der Waals surface area contributed by atoms with E-state index in [-0.39, 0.29) is 0 Å². The van der Waals surface area contributed by atoms with Crippen LogP contribution in [0.15, 0.2) is 29.7 Å². The fourth-order valence-corrected chi connectivity index (χ4v) is 2.55. The third-order valence-corrected chi connectivity index (χ3v) is 3.63. The molecule has 0 saturated carbocycles. The number of rotatable bonds is 5. The summed E-state index contributed by atoms with van der Waals surface area (Å²) in [5.41, 5.74) is 9.86. The van der Waals surface area contributed by atoms with Gasteiger partial charge in [-0.05, 0) is 48.3 Å². The lowest BCUT2D eigenvalue weighted by molar-refractivity contribution is 0.909. The van der Waals surface area contributed by atoms with Crippen LogP contribution in [0.4, 0.5) is 0 Å². The van der Waals surface area contributed by atoms with Crippen molar-refractivity contribution in [2.45, 2.75) is 12.8 Å². The highest BCUT2D eigenvalue weighted by Crippen LogP contribution is 2.18. The lowest BCUT2D eigenvalue weighted by atomic mass is 10.1. The third kappa shape index (κ3) is 2.76. The van der Waals surface area contributed by atoms with Gasteiger partial charge in [-0.1, -0.05) is 16.6 Å². The van der Waals surface area contributed by atoms with E-state index in [4.69, 9.17) is 5.73 Å². The quantitative estimate of drug-likeness (QED) is 0.753. The highest BCUT2D eigenvalue weighted by Gasteiger charge is 2.05. The summed E-state index contributed by atoms with van der Waals surface area (Å²) in [6.07, 6.45) is 5.74. The molecule has 0 radical (unpaired) electrons. The van der Waals surface area contributed by atoms with Crippen molar-refractivity contribution in [1.82, 2.24) is 19.8 Å². The molecule has 0 amide bonds. The average Bonchev–Trinajstić information content (AvgIpc) is 3.10. The summed E-state index contributed by atoms with van der Waals surface area (Å²) in [4.78, 5) is 0. The van der Waals surface area contributed by atoms with Gasteiger partial charge in [-0.2, -0.15) is 5.10 Å². The molecule has 2 heterocycles. The minimum Gasteiger partial charge on any atom is -0.330 e. The van der Waals surface area contributed by atoms with Crippen molar-refractivity contribution >= 4 is 28.5 Å². The van der Waals surface area contributed by atoms with Crippen LogP contribution in [0.3, 0.4) is 0 Å². The van der Waals surface area contributed by atoms with Crippen LogP contribution in [0.5, 0.6) is 0 Å². The fourth-order valence-electron chi connectivity index (χ4n) is 2.13. The molecule has 0 aliphatic rings. The van der Waals surface area contributed by atoms with Gasteiger partial charge in [0.15, 0.2) is 0 Å². The Balaban J connectivity index is 1.79. The van der Waals surface area contributed by atoms with Crippen LogP contribution in [0, 0.1) is 0 Å². The Kier molecular flexibility index (Phi) is 3.85. The van der Waals surface area contributed by atoms with Gasteiger partial charge in [-0.15, -0.1) is 5.10 Å². The summed E-state index contributed by atoms with van der Waals surface area (Å²) in [6, 6.07) is 6.35. The number of nitrogens with zero attached hydrogens (tertiary/aromatic N) is 3. The van der Waals surface area contributed by atoms with Crippen LogP contribution in [-0.2, 0) is 12.8 Å². The maximum atomic E-state index is 5.61. The van der Waals surface area contributed by atoms with E-state index in [2.05, 4.69) is 44.1 Å². The first-order valence-corrected chi connectivity index (χ1v) is 7.30. The SMILES string of the molecule is NCCc1n[nH]c2ccc(CC=Cc3csnn3)cc12. The van der Waals surface area contributed by atoms with Gasteiger partial charge in [0.2, 0.25) is 0 Å². The van der Waals surface area contributed by atoms with Crippen LogP contribution < -0.4 is 5.73 Å². The van der Waals surface area contributed by atoms with Gasteiger partial charge in [0.25, 0.3) is 0 Å². The number of hydrogen-bond acceptors (Lipinski definition) is 5. The highest BCUT2D eigenvalue weighted by atomic mass is 32.1. The molecule has 3 aromatic rings. The van der Waals surface area contributed by atoms with E-state index >= 15 is 0 Å². The van der Waals surface area contributed by atoms with Crippen LogP contribution in [-0.4, -0.2) is 26.3 Å². The molecular weight excluding hydrogens is 270 g/mol. The average molecular weight is 285 g/mol. The largest absolute Gasteiger partial charge is 0.330 e. The second kappa shape index (κ2) is 5.94. The number of nitrogens with two attached hydrogens (primary N) is 1. The van der Waals surface area contributed by atoms with Gasteiger partial charge in [0.1, 0.15) is 0 Å². The molecule has 0 aliphatic carbocycles. The number of benzene rings is 1. The van der Waals surface area contributed by atoms with Crippen molar-refractivity contribution in [3.05, 3.63) is 46.6 Å². The molecule has 5 nitrogen and oxygen atoms in total. The number of aromatic nitrogens is 4. The summed E-state index contributed by atoms with van der Waals surface area (Å²) in [7, 11) is 0. The Morgan fingerprint density at radius 3 is 3.10 bits per heavy atom. The van der Waals surface area contributed by atoms with Gasteiger partial charge in [-0.3, -0.25) is 5.10 Å². The molecule has 0 spiro atoms. The lowest BCUT2D eigenvalue weighted by Crippen LogP contribution is -2.03. The Morgan fingerprint density at radius 2 is 2.30 bits per heavy atom. The van der Waals surface area contributed by atoms with Gasteiger partial charge in [-0.25, -0.2) is 0 Å². The topological polar surface area (TPSA) is 80.5 Å². The van der Waals surface area contributed by atoms with E-state index in [0.717, 1.165) is 35.1 Å². The molecule has 0 unspecified atom stereocenters. The molecule has 0 saturated heterocycles. The monoisotopic (exact) mass is 285 g/mol. The number of aromatic amines is 1. The van der Waals surface area contributed by atoms with E-state index < -0.39 is 0 Å². The van der Waals surface area contributed by atoms with Crippen molar-refractivity contribution in [1.29, 1.82) is 0 Å². The smallest absolute Gasteiger partial charge is 0.0978 e. The summed E-state index contributed by atoms with van der Waals surface area (Å²) in [5.74, 6) is 0. The Labute approximate surface area is 120 Å². The minimum atomic E-state index is 0.612. The molecule has 20 heavy (non-hydrogen) atoms. The van der Waals surface area contributed by atoms with Crippen LogP contribution in [0.25, 0.3) is 17.0 Å². The van der Waals surface area contributed by atoms with Crippen molar-refractivity contribution in [2.24, 2.45) is 5.73 Å². The Morgan fingerprint density at radius 1 is 1.35 bits per heavy atom. The molecule has 1 aromatic carbocycles. The second-order valence-electron chi connectivity index (χ2n) is 4.53. The van der Waals surface area contributed by atoms with Gasteiger partial charge < -0.3 is 5.73 Å². The molecule has 2 aromatic heterocycles. The number of nitrogens with one attached hydrogen (secondary N) is 1. The molecule has 3 rings (SSSR count). The van der Waals surface area contributed by atoms with E-state index in [1.807, 2.05) is 11.5 Å². The normalized spacial score (nSPS) is 11.7. The van der Waals surface area contributed by atoms with E-state index in [0.29, 0.717) is 6.54 Å². The highest BCUT2D eigenvalue weighted by molar-refractivity contribution is 7.03. The third-order valence-electron chi connectivity index (χ3n) is 3.11. The van der Waals surface area contributed by atoms with Crippen molar-refractivity contribution < 1.29 is 0 Å². The molecule has 0 aliphatic heterocycles. The second-order valence-corrected chi connectivity index (χ2v) is 5.14. The van der Waals surface area contributed by atoms with E-state index in [1.54, 1.807) is 0 Å². The Hall–Kier alpha value is -2.05. The molecule has 6 heteroatoms. The summed E-state index contributed by atoms with van der Waals surface area (Å²) in [5, 5.41) is 14.4. The zero-order chi connectivity index (χ0) is 13.8. The van der Waals surface area contributed by atoms with E-state index in [1.165, 1.54) is 17.1 Å². The van der Waals surface area contributed by atoms with Crippen LogP contribution in [0.1, 0.15) is 17.0 Å². The fraction of sp³-hybridized carbons (Fsp3) is 0.214. The Bertz CT molecular complexity index is 714. The molecule has 102 valence electrons. The maximum Gasteiger partial charge on any atom is 0.0978 e. The van der Waals surface area contributed by atoms with Crippen LogP contribution >= 0.6 is 11.5 Å². The van der Waals surface area contributed by atoms with Gasteiger partial charge in [0.05, 0.1) is 16.9 Å². The number of hydrogen-bond donors (Lipinski definition) is 2. The molecule has 3 N–H and O–H groups in total. The number of H-pyrrole nitrogens is 1. The number of allylic oxidation sites excluding steroid dienone is 1. The zero-order valence-electron chi connectivity index (χ0n) is 10.9. The molecular formula is C14H15N5S. The number of fused-ring (bicyclic) bond motifs is 1. The van der Waals surface area contributed by atoms with Crippen LogP contribution in [0.2, 0.25) is 0 Å². The summed E-state index contributed by atoms with van der Waals surface area (Å²) < 4.78 is 3.83. The maximum absolute atomic E-state index is 5.61. The molecule has 0 atom stereocenters. The summed E-state index contributed by atoms with van der Waals surface area (Å²) in [6.45, 7) is 0.612. The van der Waals surface area contributed by atoms with Gasteiger partial charge in [0, 0.05) is 17.2 Å². The predicted molar refractivity (Wildman–Crippen MR) is 81.5 cm³/mol. The zero-order valence-corrected chi connectivity index (χ0v) is 11.7. The standard InChI is InChI=1S/C14H15N5S/c15-7-6-14-12-8-10(4-5-13(12)17-18-14)2-1-3-11-9-20-19-16-11/h1,3-5,8-9H,2,6-7,15H2,(H,17,18). The van der Waals surface area contributed by atoms with Gasteiger partial charge >= 0.3 is 0 Å². The predicted octanol–water partition coefficient (Wildman–Crippen LogP) is 2.17. The first-order chi connectivity index (χ1) is 9.86. The first-order valence-electron chi connectivity index (χ1n) is 6.46. The van der Waals surface area contributed by atoms with Crippen molar-refractivity contribution in [3.8, 4) is 0 Å². The lowest BCUT2D eigenvalue weighted by Gasteiger charge is -1.98. The van der Waals surface area contributed by atoms with Crippen molar-refractivity contribution in [3.63, 3.8) is 0 Å². The van der Waals surface area contributed by atoms with E-state index in [9.17, 15) is 0 Å². The molecule has 0 bridgehead atoms. The summed E-state index contributed by atoms with van der Waals surface area (Å²) >= 11 is 1.36.